The molecule has 0 N–H and O–H groups in total. The van der Waals surface area contributed by atoms with E-state index in [4.69, 9.17) is 9.72 Å². The Morgan fingerprint density at radius 2 is 1.75 bits per heavy atom. The second-order valence-electron chi connectivity index (χ2n) is 7.55. The van der Waals surface area contributed by atoms with E-state index in [2.05, 4.69) is 0 Å². The molecule has 2 heterocycles. The molecule has 5 heteroatoms. The summed E-state index contributed by atoms with van der Waals surface area (Å²) in [5.41, 5.74) is 3.89. The van der Waals surface area contributed by atoms with Gasteiger partial charge in [0.1, 0.15) is 5.82 Å². The van der Waals surface area contributed by atoms with E-state index in [-0.39, 0.29) is 23.9 Å². The number of benzene rings is 2. The van der Waals surface area contributed by atoms with Gasteiger partial charge in [-0.15, -0.1) is 0 Å². The lowest BCUT2D eigenvalue weighted by molar-refractivity contribution is -0.0585. The predicted molar refractivity (Wildman–Crippen MR) is 108 cm³/mol. The Bertz CT molecular complexity index is 1020. The Balaban J connectivity index is 1.84. The molecule has 28 heavy (non-hydrogen) atoms. The fourth-order valence-corrected chi connectivity index (χ4v) is 3.80. The zero-order valence-corrected chi connectivity index (χ0v) is 16.3. The summed E-state index contributed by atoms with van der Waals surface area (Å²) in [6.07, 6.45) is -0.00165. The van der Waals surface area contributed by atoms with Crippen LogP contribution < -0.4 is 0 Å². The summed E-state index contributed by atoms with van der Waals surface area (Å²) in [6.45, 7) is 7.08. The second-order valence-corrected chi connectivity index (χ2v) is 7.55. The van der Waals surface area contributed by atoms with Gasteiger partial charge in [0, 0.05) is 24.0 Å². The molecule has 1 aromatic heterocycles. The second kappa shape index (κ2) is 7.32. The van der Waals surface area contributed by atoms with E-state index in [1.165, 1.54) is 12.1 Å². The van der Waals surface area contributed by atoms with Crippen LogP contribution in [-0.2, 0) is 4.74 Å². The van der Waals surface area contributed by atoms with Crippen LogP contribution in [-0.4, -0.2) is 41.1 Å². The van der Waals surface area contributed by atoms with Gasteiger partial charge in [0.05, 0.1) is 29.0 Å². The van der Waals surface area contributed by atoms with Gasteiger partial charge in [0.2, 0.25) is 0 Å². The van der Waals surface area contributed by atoms with Gasteiger partial charge < -0.3 is 9.64 Å². The zero-order chi connectivity index (χ0) is 19.8. The quantitative estimate of drug-likeness (QED) is 0.655. The minimum absolute atomic E-state index is 0.000827. The van der Waals surface area contributed by atoms with E-state index in [1.54, 1.807) is 12.1 Å². The van der Waals surface area contributed by atoms with Crippen molar-refractivity contribution in [3.05, 3.63) is 65.5 Å². The predicted octanol–water partition coefficient (Wildman–Crippen LogP) is 4.60. The highest BCUT2D eigenvalue weighted by atomic mass is 19.1. The summed E-state index contributed by atoms with van der Waals surface area (Å²) in [5.74, 6) is -0.323. The summed E-state index contributed by atoms with van der Waals surface area (Å²) in [6, 6.07) is 13.9. The third kappa shape index (κ3) is 3.62. The van der Waals surface area contributed by atoms with Gasteiger partial charge in [0.25, 0.3) is 5.91 Å². The number of morpholine rings is 1. The lowest BCUT2D eigenvalue weighted by Crippen LogP contribution is -2.48. The first-order valence-electron chi connectivity index (χ1n) is 9.53. The van der Waals surface area contributed by atoms with Crippen molar-refractivity contribution in [2.75, 3.05) is 13.1 Å². The highest BCUT2D eigenvalue weighted by Crippen LogP contribution is 2.27. The molecular formula is C23H23FN2O2. The largest absolute Gasteiger partial charge is 0.372 e. The molecule has 3 aromatic rings. The van der Waals surface area contributed by atoms with Crippen molar-refractivity contribution in [3.8, 4) is 11.3 Å². The van der Waals surface area contributed by atoms with Crippen molar-refractivity contribution in [1.82, 2.24) is 9.88 Å². The normalized spacial score (nSPS) is 19.8. The standard InChI is InChI=1S/C23H23FN2O2/c1-14-4-9-21-19(10-14)20(23(27)26-12-15(2)28-16(3)13-26)11-22(25-21)17-5-7-18(24)8-6-17/h4-11,15-16H,12-13H2,1-3H3. The van der Waals surface area contributed by atoms with Gasteiger partial charge >= 0.3 is 0 Å². The smallest absolute Gasteiger partial charge is 0.254 e. The van der Waals surface area contributed by atoms with Crippen LogP contribution in [0.3, 0.4) is 0 Å². The lowest BCUT2D eigenvalue weighted by Gasteiger charge is -2.35. The molecule has 2 atom stereocenters. The number of aryl methyl sites for hydroxylation is 1. The SMILES string of the molecule is Cc1ccc2nc(-c3ccc(F)cc3)cc(C(=O)N3CC(C)OC(C)C3)c2c1. The number of carbonyl (C=O) groups excluding carboxylic acids is 1. The molecule has 1 amide bonds. The van der Waals surface area contributed by atoms with E-state index in [9.17, 15) is 9.18 Å². The minimum Gasteiger partial charge on any atom is -0.372 e. The van der Waals surface area contributed by atoms with Crippen LogP contribution in [0.5, 0.6) is 0 Å². The van der Waals surface area contributed by atoms with Crippen molar-refractivity contribution in [3.63, 3.8) is 0 Å². The molecular weight excluding hydrogens is 355 g/mol. The van der Waals surface area contributed by atoms with Crippen LogP contribution >= 0.6 is 0 Å². The van der Waals surface area contributed by atoms with Gasteiger partial charge in [-0.05, 0) is 63.2 Å². The highest BCUT2D eigenvalue weighted by molar-refractivity contribution is 6.07. The molecule has 2 unspecified atom stereocenters. The Morgan fingerprint density at radius 1 is 1.07 bits per heavy atom. The van der Waals surface area contributed by atoms with E-state index >= 15 is 0 Å². The van der Waals surface area contributed by atoms with Crippen LogP contribution in [0.1, 0.15) is 29.8 Å². The van der Waals surface area contributed by atoms with Crippen LogP contribution in [0.2, 0.25) is 0 Å². The van der Waals surface area contributed by atoms with Crippen molar-refractivity contribution in [2.24, 2.45) is 0 Å². The highest BCUT2D eigenvalue weighted by Gasteiger charge is 2.28. The number of rotatable bonds is 2. The van der Waals surface area contributed by atoms with Crippen molar-refractivity contribution >= 4 is 16.8 Å². The monoisotopic (exact) mass is 378 g/mol. The van der Waals surface area contributed by atoms with Crippen LogP contribution in [0.15, 0.2) is 48.5 Å². The van der Waals surface area contributed by atoms with E-state index < -0.39 is 0 Å². The number of ether oxygens (including phenoxy) is 1. The molecule has 0 spiro atoms. The fraction of sp³-hybridized carbons (Fsp3) is 0.304. The third-order valence-corrected chi connectivity index (χ3v) is 5.04. The van der Waals surface area contributed by atoms with Gasteiger partial charge in [-0.3, -0.25) is 4.79 Å². The topological polar surface area (TPSA) is 42.4 Å². The van der Waals surface area contributed by atoms with Gasteiger partial charge in [-0.25, -0.2) is 9.37 Å². The number of hydrogen-bond acceptors (Lipinski definition) is 3. The average Bonchev–Trinajstić information content (AvgIpc) is 2.66. The number of fused-ring (bicyclic) bond motifs is 1. The Labute approximate surface area is 164 Å². The maximum Gasteiger partial charge on any atom is 0.254 e. The van der Waals surface area contributed by atoms with Crippen molar-refractivity contribution < 1.29 is 13.9 Å². The van der Waals surface area contributed by atoms with Gasteiger partial charge in [-0.1, -0.05) is 11.6 Å². The lowest BCUT2D eigenvalue weighted by atomic mass is 10.0. The first-order chi connectivity index (χ1) is 13.4. The molecule has 2 aromatic carbocycles. The molecule has 1 saturated heterocycles. The summed E-state index contributed by atoms with van der Waals surface area (Å²) < 4.78 is 19.1. The molecule has 1 fully saturated rings. The maximum absolute atomic E-state index is 13.4. The fourth-order valence-electron chi connectivity index (χ4n) is 3.80. The molecule has 0 bridgehead atoms. The molecule has 4 rings (SSSR count). The van der Waals surface area contributed by atoms with E-state index in [0.717, 1.165) is 22.0 Å². The van der Waals surface area contributed by atoms with Crippen molar-refractivity contribution in [1.29, 1.82) is 0 Å². The maximum atomic E-state index is 13.4. The first kappa shape index (κ1) is 18.6. The number of amides is 1. The molecule has 1 aliphatic rings. The average molecular weight is 378 g/mol. The molecule has 144 valence electrons. The molecule has 0 saturated carbocycles. The number of halogens is 1. The molecule has 0 aliphatic carbocycles. The summed E-state index contributed by atoms with van der Waals surface area (Å²) in [4.78, 5) is 20.0. The first-order valence-corrected chi connectivity index (χ1v) is 9.53. The number of aromatic nitrogens is 1. The molecule has 0 radical (unpaired) electrons. The Morgan fingerprint density at radius 3 is 2.43 bits per heavy atom. The Hall–Kier alpha value is -2.79. The molecule has 1 aliphatic heterocycles. The van der Waals surface area contributed by atoms with E-state index in [1.807, 2.05) is 49.9 Å². The number of carbonyl (C=O) groups is 1. The van der Waals surface area contributed by atoms with Crippen LogP contribution in [0, 0.1) is 12.7 Å². The number of pyridine rings is 1. The Kier molecular flexibility index (Phi) is 4.85. The van der Waals surface area contributed by atoms with Crippen molar-refractivity contribution in [2.45, 2.75) is 33.0 Å². The third-order valence-electron chi connectivity index (χ3n) is 5.04. The summed E-state index contributed by atoms with van der Waals surface area (Å²) in [5, 5.41) is 0.836. The summed E-state index contributed by atoms with van der Waals surface area (Å²) >= 11 is 0. The van der Waals surface area contributed by atoms with Crippen LogP contribution in [0.4, 0.5) is 4.39 Å². The number of nitrogens with zero attached hydrogens (tertiary/aromatic N) is 2. The zero-order valence-electron chi connectivity index (χ0n) is 16.3. The minimum atomic E-state index is -0.298. The van der Waals surface area contributed by atoms with Gasteiger partial charge in [-0.2, -0.15) is 0 Å². The molecule has 4 nitrogen and oxygen atoms in total. The number of hydrogen-bond donors (Lipinski definition) is 0. The van der Waals surface area contributed by atoms with Crippen LogP contribution in [0.25, 0.3) is 22.2 Å². The van der Waals surface area contributed by atoms with E-state index in [0.29, 0.717) is 24.3 Å². The summed E-state index contributed by atoms with van der Waals surface area (Å²) in [7, 11) is 0. The van der Waals surface area contributed by atoms with Gasteiger partial charge in [0.15, 0.2) is 0 Å².